The zero-order valence-electron chi connectivity index (χ0n) is 9.91. The largest absolute Gasteiger partial charge is 0.507 e. The van der Waals surface area contributed by atoms with Crippen molar-refractivity contribution >= 4 is 10.9 Å². The smallest absolute Gasteiger partial charge is 0.252 e. The maximum atomic E-state index is 11.4. The first-order valence-electron chi connectivity index (χ1n) is 5.62. The van der Waals surface area contributed by atoms with Crippen molar-refractivity contribution in [3.8, 4) is 11.5 Å². The average molecular weight is 233 g/mol. The average Bonchev–Trinajstić information content (AvgIpc) is 2.27. The van der Waals surface area contributed by atoms with Crippen molar-refractivity contribution in [2.75, 3.05) is 6.61 Å². The molecule has 2 N–H and O–H groups in total. The van der Waals surface area contributed by atoms with Crippen molar-refractivity contribution in [3.05, 3.63) is 34.1 Å². The van der Waals surface area contributed by atoms with Gasteiger partial charge in [-0.15, -0.1) is 0 Å². The minimum absolute atomic E-state index is 0.0231. The van der Waals surface area contributed by atoms with Crippen molar-refractivity contribution in [1.29, 1.82) is 0 Å². The molecule has 0 aliphatic heterocycles. The van der Waals surface area contributed by atoms with Gasteiger partial charge in [-0.3, -0.25) is 4.79 Å². The van der Waals surface area contributed by atoms with Crippen LogP contribution < -0.4 is 10.3 Å². The molecule has 0 saturated heterocycles. The lowest BCUT2D eigenvalue weighted by atomic mass is 10.1. The van der Waals surface area contributed by atoms with Crippen LogP contribution in [0.2, 0.25) is 0 Å². The van der Waals surface area contributed by atoms with Gasteiger partial charge < -0.3 is 14.8 Å². The highest BCUT2D eigenvalue weighted by Gasteiger charge is 2.10. The SMILES string of the molecule is CCCOc1c(C)ccc2c(O)cc(=O)[nH]c12. The molecule has 90 valence electrons. The second kappa shape index (κ2) is 4.49. The third kappa shape index (κ3) is 2.11. The van der Waals surface area contributed by atoms with E-state index >= 15 is 0 Å². The molecule has 1 heterocycles. The van der Waals surface area contributed by atoms with Crippen LogP contribution in [0.15, 0.2) is 23.0 Å². The maximum absolute atomic E-state index is 11.4. The number of benzene rings is 1. The molecule has 0 spiro atoms. The van der Waals surface area contributed by atoms with Gasteiger partial charge in [-0.05, 0) is 25.0 Å². The Labute approximate surface area is 98.9 Å². The van der Waals surface area contributed by atoms with Crippen LogP contribution in [-0.4, -0.2) is 16.7 Å². The fraction of sp³-hybridized carbons (Fsp3) is 0.308. The van der Waals surface area contributed by atoms with E-state index in [1.54, 1.807) is 6.07 Å². The summed E-state index contributed by atoms with van der Waals surface area (Å²) in [6.45, 7) is 4.51. The van der Waals surface area contributed by atoms with Gasteiger partial charge in [0.1, 0.15) is 11.5 Å². The summed E-state index contributed by atoms with van der Waals surface area (Å²) in [4.78, 5) is 14.1. The lowest BCUT2D eigenvalue weighted by Crippen LogP contribution is -2.06. The Hall–Kier alpha value is -1.97. The molecule has 0 aliphatic rings. The van der Waals surface area contributed by atoms with Gasteiger partial charge in [-0.1, -0.05) is 13.0 Å². The topological polar surface area (TPSA) is 62.3 Å². The third-order valence-corrected chi connectivity index (χ3v) is 2.60. The van der Waals surface area contributed by atoms with Gasteiger partial charge in [0, 0.05) is 11.5 Å². The summed E-state index contributed by atoms with van der Waals surface area (Å²) in [5.41, 5.74) is 1.16. The number of fused-ring (bicyclic) bond motifs is 1. The van der Waals surface area contributed by atoms with Crippen LogP contribution in [0.5, 0.6) is 11.5 Å². The summed E-state index contributed by atoms with van der Waals surface area (Å²) in [5.74, 6) is 0.613. The standard InChI is InChI=1S/C13H15NO3/c1-3-6-17-13-8(2)4-5-9-10(15)7-11(16)14-12(9)13/h4-5,7H,3,6H2,1-2H3,(H2,14,15,16). The molecular formula is C13H15NO3. The molecule has 0 saturated carbocycles. The Kier molecular flexibility index (Phi) is 3.04. The quantitative estimate of drug-likeness (QED) is 0.855. The lowest BCUT2D eigenvalue weighted by Gasteiger charge is -2.11. The van der Waals surface area contributed by atoms with Crippen molar-refractivity contribution in [2.45, 2.75) is 20.3 Å². The van der Waals surface area contributed by atoms with Crippen molar-refractivity contribution in [2.24, 2.45) is 0 Å². The highest BCUT2D eigenvalue weighted by molar-refractivity contribution is 5.90. The minimum Gasteiger partial charge on any atom is -0.507 e. The van der Waals surface area contributed by atoms with Gasteiger partial charge in [0.05, 0.1) is 12.1 Å². The fourth-order valence-electron chi connectivity index (χ4n) is 1.78. The van der Waals surface area contributed by atoms with E-state index in [0.717, 1.165) is 12.0 Å². The molecule has 17 heavy (non-hydrogen) atoms. The van der Waals surface area contributed by atoms with E-state index in [1.807, 2.05) is 19.9 Å². The summed E-state index contributed by atoms with van der Waals surface area (Å²) >= 11 is 0. The predicted molar refractivity (Wildman–Crippen MR) is 66.8 cm³/mol. The van der Waals surface area contributed by atoms with Crippen molar-refractivity contribution < 1.29 is 9.84 Å². The number of ether oxygens (including phenoxy) is 1. The van der Waals surface area contributed by atoms with E-state index in [1.165, 1.54) is 6.07 Å². The Morgan fingerprint density at radius 3 is 2.88 bits per heavy atom. The number of hydrogen-bond acceptors (Lipinski definition) is 3. The fourth-order valence-corrected chi connectivity index (χ4v) is 1.78. The maximum Gasteiger partial charge on any atom is 0.252 e. The van der Waals surface area contributed by atoms with Crippen LogP contribution in [-0.2, 0) is 0 Å². The van der Waals surface area contributed by atoms with Gasteiger partial charge in [-0.2, -0.15) is 0 Å². The molecule has 0 unspecified atom stereocenters. The number of nitrogens with one attached hydrogen (secondary N) is 1. The van der Waals surface area contributed by atoms with E-state index in [2.05, 4.69) is 4.98 Å². The van der Waals surface area contributed by atoms with E-state index in [4.69, 9.17) is 4.74 Å². The predicted octanol–water partition coefficient (Wildman–Crippen LogP) is 2.33. The number of aromatic hydroxyl groups is 1. The number of aromatic amines is 1. The zero-order chi connectivity index (χ0) is 12.4. The van der Waals surface area contributed by atoms with Crippen LogP contribution in [0, 0.1) is 6.92 Å². The molecule has 1 aromatic carbocycles. The Balaban J connectivity index is 2.70. The molecule has 4 nitrogen and oxygen atoms in total. The van der Waals surface area contributed by atoms with Gasteiger partial charge in [0.15, 0.2) is 0 Å². The van der Waals surface area contributed by atoms with Crippen molar-refractivity contribution in [1.82, 2.24) is 4.98 Å². The van der Waals surface area contributed by atoms with Gasteiger partial charge in [0.25, 0.3) is 5.56 Å². The Morgan fingerprint density at radius 1 is 1.41 bits per heavy atom. The summed E-state index contributed by atoms with van der Waals surface area (Å²) in [6, 6.07) is 4.81. The number of rotatable bonds is 3. The Bertz CT molecular complexity index is 601. The number of hydrogen-bond donors (Lipinski definition) is 2. The van der Waals surface area contributed by atoms with E-state index < -0.39 is 0 Å². The molecule has 4 heteroatoms. The first-order chi connectivity index (χ1) is 8.13. The number of pyridine rings is 1. The van der Waals surface area contributed by atoms with E-state index in [0.29, 0.717) is 23.3 Å². The molecule has 0 bridgehead atoms. The normalized spacial score (nSPS) is 10.7. The van der Waals surface area contributed by atoms with Crippen LogP contribution >= 0.6 is 0 Å². The summed E-state index contributed by atoms with van der Waals surface area (Å²) in [7, 11) is 0. The molecule has 0 fully saturated rings. The molecule has 2 aromatic rings. The van der Waals surface area contributed by atoms with Gasteiger partial charge in [-0.25, -0.2) is 0 Å². The minimum atomic E-state index is -0.332. The van der Waals surface area contributed by atoms with Crippen LogP contribution in [0.1, 0.15) is 18.9 Å². The Morgan fingerprint density at radius 2 is 2.18 bits per heavy atom. The molecular weight excluding hydrogens is 218 g/mol. The number of aromatic nitrogens is 1. The first-order valence-corrected chi connectivity index (χ1v) is 5.62. The molecule has 0 aliphatic carbocycles. The van der Waals surface area contributed by atoms with Crippen LogP contribution in [0.3, 0.4) is 0 Å². The molecule has 2 rings (SSSR count). The van der Waals surface area contributed by atoms with E-state index in [-0.39, 0.29) is 11.3 Å². The van der Waals surface area contributed by atoms with Gasteiger partial charge in [0.2, 0.25) is 0 Å². The third-order valence-electron chi connectivity index (χ3n) is 2.60. The molecule has 0 radical (unpaired) electrons. The number of H-pyrrole nitrogens is 1. The first kappa shape index (κ1) is 11.5. The molecule has 1 aromatic heterocycles. The summed E-state index contributed by atoms with van der Waals surface area (Å²) in [5, 5.41) is 10.3. The monoisotopic (exact) mass is 233 g/mol. The summed E-state index contributed by atoms with van der Waals surface area (Å²) in [6.07, 6.45) is 0.888. The highest BCUT2D eigenvalue weighted by Crippen LogP contribution is 2.31. The second-order valence-electron chi connectivity index (χ2n) is 4.00. The molecule has 0 atom stereocenters. The lowest BCUT2D eigenvalue weighted by molar-refractivity contribution is 0.318. The van der Waals surface area contributed by atoms with Crippen LogP contribution in [0.4, 0.5) is 0 Å². The van der Waals surface area contributed by atoms with Crippen molar-refractivity contribution in [3.63, 3.8) is 0 Å². The van der Waals surface area contributed by atoms with E-state index in [9.17, 15) is 9.90 Å². The number of aryl methyl sites for hydroxylation is 1. The van der Waals surface area contributed by atoms with Crippen LogP contribution in [0.25, 0.3) is 10.9 Å². The highest BCUT2D eigenvalue weighted by atomic mass is 16.5. The summed E-state index contributed by atoms with van der Waals surface area (Å²) < 4.78 is 5.63. The van der Waals surface area contributed by atoms with Gasteiger partial charge >= 0.3 is 0 Å². The zero-order valence-corrected chi connectivity index (χ0v) is 9.91. The molecule has 0 amide bonds. The second-order valence-corrected chi connectivity index (χ2v) is 4.00.